The van der Waals surface area contributed by atoms with Gasteiger partial charge in [-0.3, -0.25) is 10.1 Å². The van der Waals surface area contributed by atoms with Crippen LogP contribution < -0.4 is 0 Å². The molecule has 138 valence electrons. The number of non-ortho nitro benzene ring substituents is 1. The van der Waals surface area contributed by atoms with E-state index in [0.717, 1.165) is 22.5 Å². The second-order valence-corrected chi connectivity index (χ2v) is 6.98. The van der Waals surface area contributed by atoms with Crippen molar-refractivity contribution in [3.05, 3.63) is 75.3 Å². The zero-order valence-corrected chi connectivity index (χ0v) is 15.7. The summed E-state index contributed by atoms with van der Waals surface area (Å²) in [6.07, 6.45) is 3.92. The number of methoxy groups -OCH3 is 1. The smallest absolute Gasteiger partial charge is 0.337 e. The van der Waals surface area contributed by atoms with E-state index in [-0.39, 0.29) is 22.0 Å². The van der Waals surface area contributed by atoms with Crippen LogP contribution in [0, 0.1) is 10.1 Å². The van der Waals surface area contributed by atoms with Crippen molar-refractivity contribution in [3.8, 4) is 0 Å². The summed E-state index contributed by atoms with van der Waals surface area (Å²) in [4.78, 5) is 22.5. The van der Waals surface area contributed by atoms with Gasteiger partial charge in [-0.05, 0) is 37.6 Å². The molecule has 3 rings (SSSR count). The Bertz CT molecular complexity index is 1000. The van der Waals surface area contributed by atoms with Crippen molar-refractivity contribution in [2.24, 2.45) is 0 Å². The van der Waals surface area contributed by atoms with E-state index in [1.807, 2.05) is 43.7 Å². The standard InChI is InChI=1S/C21H21N2O4/c1-21(2)17-13-16(23(25)26)9-10-18(17)22(3)19(21)11-8-14-6-5-7-15(12-14)20(24)27-4/h5-13H,1-4H3/q+1. The van der Waals surface area contributed by atoms with Gasteiger partial charge in [-0.1, -0.05) is 12.1 Å². The van der Waals surface area contributed by atoms with Crippen LogP contribution in [0.4, 0.5) is 11.4 Å². The average molecular weight is 365 g/mol. The van der Waals surface area contributed by atoms with Crippen LogP contribution in [0.2, 0.25) is 0 Å². The van der Waals surface area contributed by atoms with Gasteiger partial charge in [-0.15, -0.1) is 0 Å². The van der Waals surface area contributed by atoms with E-state index in [0.29, 0.717) is 5.56 Å². The number of nitro groups is 1. The van der Waals surface area contributed by atoms with Crippen LogP contribution in [0.5, 0.6) is 0 Å². The molecule has 0 saturated heterocycles. The molecule has 0 saturated carbocycles. The predicted octanol–water partition coefficient (Wildman–Crippen LogP) is 4.10. The molecule has 0 radical (unpaired) electrons. The van der Waals surface area contributed by atoms with Gasteiger partial charge in [0.2, 0.25) is 5.69 Å². The largest absolute Gasteiger partial charge is 0.465 e. The van der Waals surface area contributed by atoms with Crippen LogP contribution in [0.15, 0.2) is 48.5 Å². The zero-order chi connectivity index (χ0) is 19.8. The molecule has 0 fully saturated rings. The van der Waals surface area contributed by atoms with Crippen LogP contribution >= 0.6 is 0 Å². The minimum atomic E-state index is -0.382. The van der Waals surface area contributed by atoms with E-state index >= 15 is 0 Å². The first-order chi connectivity index (χ1) is 12.8. The summed E-state index contributed by atoms with van der Waals surface area (Å²) < 4.78 is 6.80. The number of carbonyl (C=O) groups excluding carboxylic acids is 1. The van der Waals surface area contributed by atoms with Crippen LogP contribution in [-0.2, 0) is 10.2 Å². The lowest BCUT2D eigenvalue weighted by Gasteiger charge is -2.15. The Morgan fingerprint density at radius 1 is 1.19 bits per heavy atom. The molecule has 6 nitrogen and oxygen atoms in total. The van der Waals surface area contributed by atoms with Crippen molar-refractivity contribution in [3.63, 3.8) is 0 Å². The van der Waals surface area contributed by atoms with E-state index in [4.69, 9.17) is 4.74 Å². The zero-order valence-electron chi connectivity index (χ0n) is 15.7. The fraction of sp³-hybridized carbons (Fsp3) is 0.238. The van der Waals surface area contributed by atoms with Crippen LogP contribution in [0.1, 0.15) is 35.3 Å². The van der Waals surface area contributed by atoms with E-state index in [2.05, 4.69) is 0 Å². The summed E-state index contributed by atoms with van der Waals surface area (Å²) in [5.74, 6) is -0.379. The first-order valence-corrected chi connectivity index (χ1v) is 8.52. The topological polar surface area (TPSA) is 72.5 Å². The van der Waals surface area contributed by atoms with Gasteiger partial charge >= 0.3 is 5.97 Å². The molecule has 2 aromatic carbocycles. The first-order valence-electron chi connectivity index (χ1n) is 8.52. The summed E-state index contributed by atoms with van der Waals surface area (Å²) >= 11 is 0. The Hall–Kier alpha value is -3.28. The number of ether oxygens (including phenoxy) is 1. The summed E-state index contributed by atoms with van der Waals surface area (Å²) in [5.41, 5.74) is 3.95. The normalized spacial score (nSPS) is 15.1. The lowest BCUT2D eigenvalue weighted by molar-refractivity contribution is -0.402. The van der Waals surface area contributed by atoms with Crippen molar-refractivity contribution in [2.75, 3.05) is 14.2 Å². The van der Waals surface area contributed by atoms with Gasteiger partial charge in [0.1, 0.15) is 7.05 Å². The molecule has 0 N–H and O–H groups in total. The number of nitro benzene ring substituents is 1. The van der Waals surface area contributed by atoms with E-state index < -0.39 is 0 Å². The Morgan fingerprint density at radius 3 is 2.59 bits per heavy atom. The molecule has 0 aliphatic carbocycles. The second kappa shape index (κ2) is 6.79. The van der Waals surface area contributed by atoms with Gasteiger partial charge in [-0.2, -0.15) is 4.58 Å². The van der Waals surface area contributed by atoms with Crippen molar-refractivity contribution < 1.29 is 19.0 Å². The lowest BCUT2D eigenvalue weighted by Crippen LogP contribution is -2.26. The number of carbonyl (C=O) groups is 1. The third-order valence-electron chi connectivity index (χ3n) is 4.97. The molecular formula is C21H21N2O4+. The second-order valence-electron chi connectivity index (χ2n) is 6.98. The van der Waals surface area contributed by atoms with Gasteiger partial charge in [0.15, 0.2) is 5.71 Å². The molecule has 1 aliphatic heterocycles. The number of rotatable bonds is 4. The molecule has 0 bridgehead atoms. The maximum Gasteiger partial charge on any atom is 0.337 e. The Labute approximate surface area is 157 Å². The minimum Gasteiger partial charge on any atom is -0.465 e. The summed E-state index contributed by atoms with van der Waals surface area (Å²) in [6, 6.07) is 12.1. The molecule has 2 aromatic rings. The Balaban J connectivity index is 1.98. The van der Waals surface area contributed by atoms with Gasteiger partial charge in [0, 0.05) is 29.8 Å². The minimum absolute atomic E-state index is 0.0891. The van der Waals surface area contributed by atoms with Crippen molar-refractivity contribution >= 4 is 29.1 Å². The maximum atomic E-state index is 11.7. The molecule has 27 heavy (non-hydrogen) atoms. The summed E-state index contributed by atoms with van der Waals surface area (Å²) in [7, 11) is 3.30. The monoisotopic (exact) mass is 365 g/mol. The molecule has 0 amide bonds. The van der Waals surface area contributed by atoms with Gasteiger partial charge in [-0.25, -0.2) is 4.79 Å². The third-order valence-corrected chi connectivity index (χ3v) is 4.97. The third kappa shape index (κ3) is 3.26. The summed E-state index contributed by atoms with van der Waals surface area (Å²) in [6.45, 7) is 4.09. The van der Waals surface area contributed by atoms with Gasteiger partial charge in [0.05, 0.1) is 23.0 Å². The maximum absolute atomic E-state index is 11.7. The van der Waals surface area contributed by atoms with Crippen LogP contribution in [0.3, 0.4) is 0 Å². The molecule has 6 heteroatoms. The number of esters is 1. The number of allylic oxidation sites excluding steroid dienone is 1. The number of hydrogen-bond donors (Lipinski definition) is 0. The molecule has 0 unspecified atom stereocenters. The molecule has 1 aliphatic rings. The fourth-order valence-corrected chi connectivity index (χ4v) is 3.50. The van der Waals surface area contributed by atoms with E-state index in [9.17, 15) is 14.9 Å². The Kier molecular flexibility index (Phi) is 4.66. The van der Waals surface area contributed by atoms with Gasteiger partial charge < -0.3 is 4.74 Å². The number of fused-ring (bicyclic) bond motifs is 1. The first kappa shape index (κ1) is 18.5. The predicted molar refractivity (Wildman–Crippen MR) is 104 cm³/mol. The van der Waals surface area contributed by atoms with Crippen LogP contribution in [0.25, 0.3) is 6.08 Å². The van der Waals surface area contributed by atoms with Crippen molar-refractivity contribution in [2.45, 2.75) is 19.3 Å². The highest BCUT2D eigenvalue weighted by atomic mass is 16.6. The quantitative estimate of drug-likeness (QED) is 0.354. The highest BCUT2D eigenvalue weighted by Crippen LogP contribution is 2.41. The van der Waals surface area contributed by atoms with Crippen molar-refractivity contribution in [1.29, 1.82) is 0 Å². The molecular weight excluding hydrogens is 344 g/mol. The van der Waals surface area contributed by atoms with E-state index in [1.165, 1.54) is 13.2 Å². The number of benzene rings is 2. The SMILES string of the molecule is COC(=O)c1cccc(C=CC2=[N+](C)c3ccc([N+](=O)[O-])cc3C2(C)C)c1. The fourth-order valence-electron chi connectivity index (χ4n) is 3.50. The molecule has 0 aromatic heterocycles. The highest BCUT2D eigenvalue weighted by Gasteiger charge is 2.43. The highest BCUT2D eigenvalue weighted by molar-refractivity contribution is 6.05. The number of hydrogen-bond acceptors (Lipinski definition) is 4. The average Bonchev–Trinajstić information content (AvgIpc) is 2.85. The van der Waals surface area contributed by atoms with E-state index in [1.54, 1.807) is 30.3 Å². The van der Waals surface area contributed by atoms with Crippen LogP contribution in [-0.4, -0.2) is 35.3 Å². The molecule has 1 heterocycles. The van der Waals surface area contributed by atoms with Crippen molar-refractivity contribution in [1.82, 2.24) is 0 Å². The molecule has 0 spiro atoms. The lowest BCUT2D eigenvalue weighted by atomic mass is 9.81. The summed E-state index contributed by atoms with van der Waals surface area (Å²) in [5, 5.41) is 11.1. The van der Waals surface area contributed by atoms with Gasteiger partial charge in [0.25, 0.3) is 5.69 Å². The number of nitrogens with zero attached hydrogens (tertiary/aromatic N) is 2. The Morgan fingerprint density at radius 2 is 1.93 bits per heavy atom. The molecule has 0 atom stereocenters.